The molecule has 1 aliphatic heterocycles. The molecule has 2 heterocycles. The number of nitrogens with one attached hydrogen (secondary N) is 2. The van der Waals surface area contributed by atoms with Gasteiger partial charge in [0.1, 0.15) is 11.8 Å². The predicted octanol–water partition coefficient (Wildman–Crippen LogP) is 5.89. The number of amides is 1. The lowest BCUT2D eigenvalue weighted by atomic mass is 9.94. The number of para-hydroxylation sites is 2. The molecule has 196 valence electrons. The third kappa shape index (κ3) is 5.57. The lowest BCUT2D eigenvalue weighted by molar-refractivity contribution is -0.113. The van der Waals surface area contributed by atoms with E-state index in [9.17, 15) is 4.79 Å². The Hall–Kier alpha value is -3.18. The van der Waals surface area contributed by atoms with Crippen LogP contribution in [0.3, 0.4) is 0 Å². The Morgan fingerprint density at radius 3 is 2.68 bits per heavy atom. The van der Waals surface area contributed by atoms with Crippen molar-refractivity contribution in [2.24, 2.45) is 0 Å². The summed E-state index contributed by atoms with van der Waals surface area (Å²) < 4.78 is 19.3. The molecule has 2 aromatic carbocycles. The highest BCUT2D eigenvalue weighted by Gasteiger charge is 2.35. The summed E-state index contributed by atoms with van der Waals surface area (Å²) in [4.78, 5) is 18.5. The average Bonchev–Trinajstić information content (AvgIpc) is 3.29. The SMILES string of the molecule is CCCSc1nc2n(n1)C(c1cc(Br)c(OC)c(OC)c1)C(C(=O)Nc1ccccc1OCC)=C(C)N2. The number of benzene rings is 2. The molecule has 1 atom stereocenters. The monoisotopic (exact) mass is 587 g/mol. The normalized spacial score (nSPS) is 14.6. The number of hydrogen-bond acceptors (Lipinski definition) is 8. The zero-order valence-electron chi connectivity index (χ0n) is 21.4. The minimum Gasteiger partial charge on any atom is -0.493 e. The number of carbonyl (C=O) groups is 1. The number of anilines is 2. The predicted molar refractivity (Wildman–Crippen MR) is 149 cm³/mol. The number of rotatable bonds is 10. The van der Waals surface area contributed by atoms with Gasteiger partial charge in [-0.25, -0.2) is 4.68 Å². The summed E-state index contributed by atoms with van der Waals surface area (Å²) in [5.41, 5.74) is 2.54. The maximum atomic E-state index is 13.9. The van der Waals surface area contributed by atoms with E-state index >= 15 is 0 Å². The van der Waals surface area contributed by atoms with Gasteiger partial charge >= 0.3 is 0 Å². The maximum absolute atomic E-state index is 13.9. The van der Waals surface area contributed by atoms with Crippen LogP contribution in [0.5, 0.6) is 17.2 Å². The van der Waals surface area contributed by atoms with E-state index in [4.69, 9.17) is 19.3 Å². The Kier molecular flexibility index (Phi) is 8.65. The van der Waals surface area contributed by atoms with E-state index in [2.05, 4.69) is 38.5 Å². The van der Waals surface area contributed by atoms with Crippen LogP contribution in [-0.4, -0.2) is 47.3 Å². The van der Waals surface area contributed by atoms with E-state index < -0.39 is 6.04 Å². The summed E-state index contributed by atoms with van der Waals surface area (Å²) in [5, 5.41) is 11.7. The van der Waals surface area contributed by atoms with Crippen molar-refractivity contribution in [2.75, 3.05) is 37.2 Å². The van der Waals surface area contributed by atoms with Gasteiger partial charge in [0.25, 0.3) is 5.91 Å². The molecule has 1 aliphatic rings. The number of allylic oxidation sites excluding steroid dienone is 1. The van der Waals surface area contributed by atoms with E-state index in [-0.39, 0.29) is 5.91 Å². The van der Waals surface area contributed by atoms with Gasteiger partial charge < -0.3 is 24.8 Å². The fourth-order valence-corrected chi connectivity index (χ4v) is 5.43. The van der Waals surface area contributed by atoms with Gasteiger partial charge in [-0.15, -0.1) is 5.10 Å². The summed E-state index contributed by atoms with van der Waals surface area (Å²) in [7, 11) is 3.16. The summed E-state index contributed by atoms with van der Waals surface area (Å²) in [6.45, 7) is 6.36. The number of halogens is 1. The molecule has 0 aliphatic carbocycles. The first-order valence-electron chi connectivity index (χ1n) is 11.9. The number of nitrogens with zero attached hydrogens (tertiary/aromatic N) is 3. The molecule has 9 nitrogen and oxygen atoms in total. The number of hydrogen-bond donors (Lipinski definition) is 2. The average molecular weight is 589 g/mol. The summed E-state index contributed by atoms with van der Waals surface area (Å²) in [5.74, 6) is 2.88. The molecule has 0 bridgehead atoms. The van der Waals surface area contributed by atoms with E-state index in [1.165, 1.54) is 0 Å². The van der Waals surface area contributed by atoms with Crippen LogP contribution in [0.1, 0.15) is 38.8 Å². The number of methoxy groups -OCH3 is 2. The maximum Gasteiger partial charge on any atom is 0.255 e. The van der Waals surface area contributed by atoms with Crippen LogP contribution in [0.15, 0.2) is 57.3 Å². The van der Waals surface area contributed by atoms with Gasteiger partial charge in [-0.3, -0.25) is 4.79 Å². The van der Waals surface area contributed by atoms with Crippen LogP contribution in [0.4, 0.5) is 11.6 Å². The van der Waals surface area contributed by atoms with Gasteiger partial charge in [-0.1, -0.05) is 30.8 Å². The molecular weight excluding hydrogens is 558 g/mol. The number of aromatic nitrogens is 3. The molecule has 0 fully saturated rings. The van der Waals surface area contributed by atoms with Crippen LogP contribution >= 0.6 is 27.7 Å². The van der Waals surface area contributed by atoms with Gasteiger partial charge in [0.2, 0.25) is 11.1 Å². The second-order valence-corrected chi connectivity index (χ2v) is 10.1. The highest BCUT2D eigenvalue weighted by Crippen LogP contribution is 2.43. The van der Waals surface area contributed by atoms with E-state index in [0.29, 0.717) is 56.4 Å². The molecule has 3 aromatic rings. The van der Waals surface area contributed by atoms with Crippen molar-refractivity contribution in [2.45, 2.75) is 38.4 Å². The van der Waals surface area contributed by atoms with Gasteiger partial charge in [0.05, 0.1) is 36.6 Å². The Morgan fingerprint density at radius 2 is 1.97 bits per heavy atom. The van der Waals surface area contributed by atoms with Crippen LogP contribution < -0.4 is 24.8 Å². The standard InChI is InChI=1S/C26H30BrN5O4S/c1-6-12-37-26-30-25-28-15(3)21(24(33)29-18-10-8-9-11-19(18)36-7-2)22(32(25)31-26)16-13-17(27)23(35-5)20(14-16)34-4/h8-11,13-14,22H,6-7,12H2,1-5H3,(H,29,33)(H,28,30,31). The highest BCUT2D eigenvalue weighted by molar-refractivity contribution is 9.10. The van der Waals surface area contributed by atoms with Gasteiger partial charge in [0.15, 0.2) is 11.5 Å². The molecule has 1 aromatic heterocycles. The second kappa shape index (κ2) is 11.9. The number of thioether (sulfide) groups is 1. The molecule has 1 unspecified atom stereocenters. The quantitative estimate of drug-likeness (QED) is 0.283. The minimum atomic E-state index is -0.574. The number of ether oxygens (including phenoxy) is 3. The molecule has 0 saturated heterocycles. The third-order valence-corrected chi connectivity index (χ3v) is 7.35. The van der Waals surface area contributed by atoms with Crippen LogP contribution in [0.2, 0.25) is 0 Å². The topological polar surface area (TPSA) is 99.5 Å². The van der Waals surface area contributed by atoms with Gasteiger partial charge in [-0.05, 0) is 66.0 Å². The van der Waals surface area contributed by atoms with E-state index in [1.807, 2.05) is 50.2 Å². The van der Waals surface area contributed by atoms with Crippen molar-refractivity contribution in [3.05, 3.63) is 57.7 Å². The smallest absolute Gasteiger partial charge is 0.255 e. The van der Waals surface area contributed by atoms with E-state index in [0.717, 1.165) is 17.7 Å². The molecule has 4 rings (SSSR count). The van der Waals surface area contributed by atoms with Crippen molar-refractivity contribution in [1.82, 2.24) is 14.8 Å². The molecule has 0 spiro atoms. The summed E-state index contributed by atoms with van der Waals surface area (Å²) >= 11 is 5.17. The first-order valence-corrected chi connectivity index (χ1v) is 13.7. The van der Waals surface area contributed by atoms with Crippen molar-refractivity contribution in [1.29, 1.82) is 0 Å². The lowest BCUT2D eigenvalue weighted by Gasteiger charge is -2.29. The highest BCUT2D eigenvalue weighted by atomic mass is 79.9. The lowest BCUT2D eigenvalue weighted by Crippen LogP contribution is -2.31. The van der Waals surface area contributed by atoms with Crippen LogP contribution in [0, 0.1) is 0 Å². The van der Waals surface area contributed by atoms with E-state index in [1.54, 1.807) is 30.7 Å². The zero-order valence-corrected chi connectivity index (χ0v) is 23.8. The molecule has 37 heavy (non-hydrogen) atoms. The summed E-state index contributed by atoms with van der Waals surface area (Å²) in [6, 6.07) is 10.6. The molecule has 2 N–H and O–H groups in total. The first kappa shape index (κ1) is 26.9. The van der Waals surface area contributed by atoms with Gasteiger partial charge in [0, 0.05) is 11.4 Å². The largest absolute Gasteiger partial charge is 0.493 e. The van der Waals surface area contributed by atoms with Crippen molar-refractivity contribution in [3.8, 4) is 17.2 Å². The number of fused-ring (bicyclic) bond motifs is 1. The molecule has 1 amide bonds. The zero-order chi connectivity index (χ0) is 26.5. The number of carbonyl (C=O) groups excluding carboxylic acids is 1. The fourth-order valence-electron chi connectivity index (χ4n) is 4.12. The molecular formula is C26H30BrN5O4S. The molecule has 11 heteroatoms. The first-order chi connectivity index (χ1) is 17.9. The van der Waals surface area contributed by atoms with Crippen LogP contribution in [0.25, 0.3) is 0 Å². The van der Waals surface area contributed by atoms with Crippen molar-refractivity contribution < 1.29 is 19.0 Å². The molecule has 0 saturated carbocycles. The van der Waals surface area contributed by atoms with Crippen molar-refractivity contribution >= 4 is 45.2 Å². The van der Waals surface area contributed by atoms with Gasteiger partial charge in [-0.2, -0.15) is 4.98 Å². The fraction of sp³-hybridized carbons (Fsp3) is 0.346. The Bertz CT molecular complexity index is 1330. The van der Waals surface area contributed by atoms with Crippen molar-refractivity contribution in [3.63, 3.8) is 0 Å². The third-order valence-electron chi connectivity index (χ3n) is 5.72. The molecule has 0 radical (unpaired) electrons. The van der Waals surface area contributed by atoms with Crippen LogP contribution in [-0.2, 0) is 4.79 Å². The second-order valence-electron chi connectivity index (χ2n) is 8.20. The Balaban J connectivity index is 1.82. The Morgan fingerprint density at radius 1 is 1.19 bits per heavy atom. The Labute approximate surface area is 229 Å². The summed E-state index contributed by atoms with van der Waals surface area (Å²) in [6.07, 6.45) is 0.998. The minimum absolute atomic E-state index is 0.281.